The molecular weight excluding hydrogens is 652 g/mol. The van der Waals surface area contributed by atoms with Crippen LogP contribution in [0.25, 0.3) is 21.5 Å². The molecular formula is C29H28Cl2FN5O5S2. The zero-order chi connectivity index (χ0) is 30.7. The van der Waals surface area contributed by atoms with Crippen LogP contribution in [0.4, 0.5) is 9.52 Å². The number of thiazole rings is 1. The van der Waals surface area contributed by atoms with Crippen LogP contribution >= 0.6 is 34.5 Å². The van der Waals surface area contributed by atoms with Gasteiger partial charge in [0.1, 0.15) is 17.0 Å². The van der Waals surface area contributed by atoms with Crippen molar-refractivity contribution in [1.82, 2.24) is 20.8 Å². The molecule has 1 amide bonds. The molecule has 2 saturated heterocycles. The summed E-state index contributed by atoms with van der Waals surface area (Å²) in [4.78, 5) is 19.3. The number of halogens is 3. The number of amides is 1. The molecule has 15 heteroatoms. The van der Waals surface area contributed by atoms with Crippen molar-refractivity contribution in [3.63, 3.8) is 0 Å². The predicted octanol–water partition coefficient (Wildman–Crippen LogP) is 5.79. The minimum absolute atomic E-state index is 0.0605. The topological polar surface area (TPSA) is 138 Å². The first-order valence-electron chi connectivity index (χ1n) is 14.3. The monoisotopic (exact) mass is 679 g/mol. The summed E-state index contributed by atoms with van der Waals surface area (Å²) in [5, 5.41) is 12.3. The summed E-state index contributed by atoms with van der Waals surface area (Å²) < 4.78 is 52.0. The van der Waals surface area contributed by atoms with Gasteiger partial charge in [0.25, 0.3) is 16.0 Å². The third-order valence-corrected chi connectivity index (χ3v) is 10.9. The Kier molecular flexibility index (Phi) is 7.82. The van der Waals surface area contributed by atoms with Gasteiger partial charge in [0, 0.05) is 53.8 Å². The Balaban J connectivity index is 1.03. The fourth-order valence-electron chi connectivity index (χ4n) is 6.29. The highest BCUT2D eigenvalue weighted by Crippen LogP contribution is 2.47. The number of fused-ring (bicyclic) bond motifs is 3. The molecule has 4 fully saturated rings. The van der Waals surface area contributed by atoms with Gasteiger partial charge in [-0.2, -0.15) is 8.42 Å². The summed E-state index contributed by atoms with van der Waals surface area (Å²) >= 11 is 14.4. The number of carbonyl (C=O) groups excluding carboxylic acids is 1. The average molecular weight is 681 g/mol. The van der Waals surface area contributed by atoms with Crippen LogP contribution in [0.3, 0.4) is 0 Å². The Morgan fingerprint density at radius 2 is 1.89 bits per heavy atom. The van der Waals surface area contributed by atoms with Crippen LogP contribution in [0, 0.1) is 5.82 Å². The lowest BCUT2D eigenvalue weighted by Crippen LogP contribution is -2.64. The third-order valence-electron chi connectivity index (χ3n) is 8.54. The molecule has 2 aliphatic carbocycles. The standard InChI is InChI=1S/C29H28Cl2FN5O5S2/c30-20-2-1-3-21(31)24(20)25-19(27(42-36-25)14-4-5-14)13-34-16-10-17-12-18(11-16)37(17)29-35-26-22(32)8-15(9-23(26)43-29)28(38)33-6-7-44(39,40)41/h1-3,8-9,14,16-18,34H,4-7,10-13H2,(H,33,38)(H,39,40,41). The molecule has 0 spiro atoms. The van der Waals surface area contributed by atoms with E-state index in [0.29, 0.717) is 43.6 Å². The number of nitrogens with one attached hydrogen (secondary N) is 2. The molecule has 0 radical (unpaired) electrons. The minimum atomic E-state index is -4.22. The maximum absolute atomic E-state index is 15.0. The van der Waals surface area contributed by atoms with Crippen LogP contribution in [0.1, 0.15) is 59.7 Å². The largest absolute Gasteiger partial charge is 0.360 e. The highest BCUT2D eigenvalue weighted by molar-refractivity contribution is 7.85. The molecule has 2 bridgehead atoms. The molecule has 4 aliphatic rings. The summed E-state index contributed by atoms with van der Waals surface area (Å²) in [6.45, 7) is 0.295. The summed E-state index contributed by atoms with van der Waals surface area (Å²) in [5.74, 6) is -0.609. The third kappa shape index (κ3) is 5.81. The first-order chi connectivity index (χ1) is 21.1. The molecule has 2 aromatic heterocycles. The number of piperidine rings is 1. The van der Waals surface area contributed by atoms with Crippen molar-refractivity contribution in [2.45, 2.75) is 62.7 Å². The van der Waals surface area contributed by atoms with Gasteiger partial charge >= 0.3 is 0 Å². The van der Waals surface area contributed by atoms with Crippen molar-refractivity contribution in [2.75, 3.05) is 17.2 Å². The van der Waals surface area contributed by atoms with Crippen LogP contribution in [-0.2, 0) is 16.7 Å². The first-order valence-corrected chi connectivity index (χ1v) is 17.5. The van der Waals surface area contributed by atoms with Crippen LogP contribution < -0.4 is 15.5 Å². The van der Waals surface area contributed by atoms with E-state index in [1.807, 2.05) is 0 Å². The van der Waals surface area contributed by atoms with Crippen molar-refractivity contribution in [3.05, 3.63) is 63.1 Å². The van der Waals surface area contributed by atoms with Crippen molar-refractivity contribution in [3.8, 4) is 11.3 Å². The first kappa shape index (κ1) is 29.9. The van der Waals surface area contributed by atoms with Gasteiger partial charge in [-0.05, 0) is 56.4 Å². The predicted molar refractivity (Wildman–Crippen MR) is 167 cm³/mol. The van der Waals surface area contributed by atoms with Crippen molar-refractivity contribution in [1.29, 1.82) is 0 Å². The minimum Gasteiger partial charge on any atom is -0.360 e. The van der Waals surface area contributed by atoms with Gasteiger partial charge < -0.3 is 20.1 Å². The molecule has 232 valence electrons. The SMILES string of the molecule is O=C(NCCS(=O)(=O)O)c1cc(F)c2nc(N3C4CC(NCc5c(-c6c(Cl)cccc6Cl)noc5C5CC5)CC3C4)sc2c1. The number of hydrogen-bond donors (Lipinski definition) is 3. The molecule has 10 nitrogen and oxygen atoms in total. The number of hydrogen-bond acceptors (Lipinski definition) is 9. The molecule has 44 heavy (non-hydrogen) atoms. The highest BCUT2D eigenvalue weighted by atomic mass is 35.5. The van der Waals surface area contributed by atoms with E-state index in [4.69, 9.17) is 32.3 Å². The van der Waals surface area contributed by atoms with E-state index in [-0.39, 0.29) is 35.8 Å². The zero-order valence-corrected chi connectivity index (χ0v) is 26.4. The van der Waals surface area contributed by atoms with Crippen molar-refractivity contribution < 1.29 is 26.7 Å². The summed E-state index contributed by atoms with van der Waals surface area (Å²) in [5.41, 5.74) is 2.62. The molecule has 2 saturated carbocycles. The Morgan fingerprint density at radius 3 is 2.57 bits per heavy atom. The quantitative estimate of drug-likeness (QED) is 0.178. The molecule has 2 aromatic carbocycles. The fraction of sp³-hybridized carbons (Fsp3) is 0.414. The Hall–Kier alpha value is -2.81. The van der Waals surface area contributed by atoms with Crippen LogP contribution in [0.2, 0.25) is 10.0 Å². The van der Waals surface area contributed by atoms with E-state index < -0.39 is 27.6 Å². The number of aromatic nitrogens is 2. The van der Waals surface area contributed by atoms with Gasteiger partial charge in [0.15, 0.2) is 10.9 Å². The van der Waals surface area contributed by atoms with E-state index in [9.17, 15) is 17.6 Å². The van der Waals surface area contributed by atoms with E-state index >= 15 is 0 Å². The maximum atomic E-state index is 15.0. The summed E-state index contributed by atoms with van der Waals surface area (Å²) in [7, 11) is -4.22. The van der Waals surface area contributed by atoms with Gasteiger partial charge in [-0.3, -0.25) is 9.35 Å². The van der Waals surface area contributed by atoms with E-state index in [1.165, 1.54) is 11.3 Å². The molecule has 4 heterocycles. The lowest BCUT2D eigenvalue weighted by atomic mass is 9.77. The second kappa shape index (κ2) is 11.5. The van der Waals surface area contributed by atoms with Crippen LogP contribution in [-0.4, -0.2) is 59.4 Å². The van der Waals surface area contributed by atoms with Gasteiger partial charge in [0.2, 0.25) is 0 Å². The number of nitrogens with zero attached hydrogens (tertiary/aromatic N) is 3. The van der Waals surface area contributed by atoms with Crippen molar-refractivity contribution in [2.24, 2.45) is 0 Å². The summed E-state index contributed by atoms with van der Waals surface area (Å²) in [6, 6.07) is 8.81. The smallest absolute Gasteiger partial charge is 0.266 e. The van der Waals surface area contributed by atoms with Crippen LogP contribution in [0.15, 0.2) is 34.9 Å². The Labute approximate surface area is 266 Å². The second-order valence-electron chi connectivity index (χ2n) is 11.6. The Morgan fingerprint density at radius 1 is 1.16 bits per heavy atom. The number of carbonyl (C=O) groups is 1. The normalized spacial score (nSPS) is 21.5. The number of rotatable bonds is 10. The van der Waals surface area contributed by atoms with Gasteiger partial charge in [-0.1, -0.05) is 45.8 Å². The second-order valence-corrected chi connectivity index (χ2v) is 15.0. The highest BCUT2D eigenvalue weighted by Gasteiger charge is 2.46. The zero-order valence-electron chi connectivity index (χ0n) is 23.2. The fourth-order valence-corrected chi connectivity index (χ4v) is 8.39. The lowest BCUT2D eigenvalue weighted by molar-refractivity contribution is 0.0956. The molecule has 2 atom stereocenters. The van der Waals surface area contributed by atoms with E-state index in [0.717, 1.165) is 49.5 Å². The maximum Gasteiger partial charge on any atom is 0.266 e. The van der Waals surface area contributed by atoms with Gasteiger partial charge in [0.05, 0.1) is 20.5 Å². The van der Waals surface area contributed by atoms with E-state index in [1.54, 1.807) is 24.3 Å². The molecule has 4 aromatic rings. The van der Waals surface area contributed by atoms with Crippen molar-refractivity contribution >= 4 is 65.9 Å². The summed E-state index contributed by atoms with van der Waals surface area (Å²) in [6.07, 6.45) is 4.96. The molecule has 2 aliphatic heterocycles. The Bertz CT molecular complexity index is 1850. The van der Waals surface area contributed by atoms with Crippen LogP contribution in [0.5, 0.6) is 0 Å². The average Bonchev–Trinajstić information content (AvgIpc) is 3.59. The lowest BCUT2D eigenvalue weighted by Gasteiger charge is -2.55. The molecule has 3 N–H and O–H groups in total. The molecule has 8 rings (SSSR count). The van der Waals surface area contributed by atoms with Gasteiger partial charge in [-0.15, -0.1) is 0 Å². The molecule has 2 unspecified atom stereocenters. The van der Waals surface area contributed by atoms with E-state index in [2.05, 4.69) is 25.7 Å². The number of anilines is 1. The van der Waals surface area contributed by atoms with Gasteiger partial charge in [-0.25, -0.2) is 9.37 Å². The number of benzene rings is 2.